The Bertz CT molecular complexity index is 151. The summed E-state index contributed by atoms with van der Waals surface area (Å²) >= 11 is 0. The fraction of sp³-hybridized carbons (Fsp3) is 1.00. The van der Waals surface area contributed by atoms with Crippen LogP contribution in [-0.2, 0) is 4.74 Å². The number of ether oxygens (including phenoxy) is 1. The Morgan fingerprint density at radius 3 is 3.00 bits per heavy atom. The Labute approximate surface area is 73.9 Å². The predicted molar refractivity (Wildman–Crippen MR) is 48.3 cm³/mol. The molecule has 0 amide bonds. The molecule has 3 heteroatoms. The van der Waals surface area contributed by atoms with Crippen molar-refractivity contribution in [2.24, 2.45) is 0 Å². The standard InChI is InChI=1S/C9H18N2O/c1-9(2-3-9)11-7-8-6-10-4-5-12-8/h8,10-11H,2-7H2,1H3. The van der Waals surface area contributed by atoms with E-state index in [2.05, 4.69) is 17.6 Å². The minimum Gasteiger partial charge on any atom is -0.374 e. The summed E-state index contributed by atoms with van der Waals surface area (Å²) in [4.78, 5) is 0. The molecule has 1 saturated carbocycles. The molecule has 0 radical (unpaired) electrons. The van der Waals surface area contributed by atoms with Crippen LogP contribution in [0.2, 0.25) is 0 Å². The van der Waals surface area contributed by atoms with Crippen LogP contribution < -0.4 is 10.6 Å². The van der Waals surface area contributed by atoms with Gasteiger partial charge in [0.15, 0.2) is 0 Å². The van der Waals surface area contributed by atoms with Gasteiger partial charge in [0.1, 0.15) is 0 Å². The Hall–Kier alpha value is -0.120. The molecule has 1 aliphatic heterocycles. The summed E-state index contributed by atoms with van der Waals surface area (Å²) in [6.45, 7) is 6.16. The zero-order valence-electron chi connectivity index (χ0n) is 7.73. The van der Waals surface area contributed by atoms with Crippen molar-refractivity contribution in [2.45, 2.75) is 31.4 Å². The van der Waals surface area contributed by atoms with Crippen molar-refractivity contribution in [1.29, 1.82) is 0 Å². The normalized spacial score (nSPS) is 33.2. The van der Waals surface area contributed by atoms with E-state index in [1.165, 1.54) is 12.8 Å². The number of rotatable bonds is 3. The van der Waals surface area contributed by atoms with Crippen molar-refractivity contribution >= 4 is 0 Å². The summed E-state index contributed by atoms with van der Waals surface area (Å²) in [5.41, 5.74) is 0.445. The third kappa shape index (κ3) is 2.19. The molecule has 12 heavy (non-hydrogen) atoms. The van der Waals surface area contributed by atoms with Crippen LogP contribution in [0.15, 0.2) is 0 Å². The van der Waals surface area contributed by atoms with Gasteiger partial charge in [-0.2, -0.15) is 0 Å². The van der Waals surface area contributed by atoms with Crippen LogP contribution >= 0.6 is 0 Å². The molecule has 1 unspecified atom stereocenters. The quantitative estimate of drug-likeness (QED) is 0.631. The first-order chi connectivity index (χ1) is 5.79. The van der Waals surface area contributed by atoms with Crippen molar-refractivity contribution in [3.63, 3.8) is 0 Å². The van der Waals surface area contributed by atoms with Crippen molar-refractivity contribution in [3.8, 4) is 0 Å². The van der Waals surface area contributed by atoms with E-state index in [9.17, 15) is 0 Å². The SMILES string of the molecule is CC1(NCC2CNCCO2)CC1. The second-order valence-corrected chi connectivity index (χ2v) is 4.14. The maximum atomic E-state index is 5.58. The van der Waals surface area contributed by atoms with Crippen molar-refractivity contribution in [2.75, 3.05) is 26.2 Å². The fourth-order valence-electron chi connectivity index (χ4n) is 1.48. The highest BCUT2D eigenvalue weighted by molar-refractivity contribution is 4.97. The van der Waals surface area contributed by atoms with E-state index in [4.69, 9.17) is 4.74 Å². The van der Waals surface area contributed by atoms with Gasteiger partial charge in [-0.05, 0) is 19.8 Å². The summed E-state index contributed by atoms with van der Waals surface area (Å²) in [5.74, 6) is 0. The second-order valence-electron chi connectivity index (χ2n) is 4.14. The molecule has 2 rings (SSSR count). The zero-order valence-corrected chi connectivity index (χ0v) is 7.73. The molecular formula is C9H18N2O. The van der Waals surface area contributed by atoms with E-state index in [-0.39, 0.29) is 0 Å². The summed E-state index contributed by atoms with van der Waals surface area (Å²) in [7, 11) is 0. The third-order valence-electron chi connectivity index (χ3n) is 2.76. The lowest BCUT2D eigenvalue weighted by atomic mass is 10.2. The van der Waals surface area contributed by atoms with Gasteiger partial charge in [0.05, 0.1) is 12.7 Å². The molecule has 1 aliphatic carbocycles. The van der Waals surface area contributed by atoms with Gasteiger partial charge < -0.3 is 15.4 Å². The van der Waals surface area contributed by atoms with Crippen LogP contribution in [-0.4, -0.2) is 37.9 Å². The van der Waals surface area contributed by atoms with Crippen LogP contribution in [0.1, 0.15) is 19.8 Å². The molecule has 0 aromatic carbocycles. The topological polar surface area (TPSA) is 33.3 Å². The van der Waals surface area contributed by atoms with Crippen LogP contribution in [0.25, 0.3) is 0 Å². The summed E-state index contributed by atoms with van der Waals surface area (Å²) in [6, 6.07) is 0. The van der Waals surface area contributed by atoms with Crippen LogP contribution in [0.5, 0.6) is 0 Å². The molecule has 1 heterocycles. The predicted octanol–water partition coefficient (Wildman–Crippen LogP) is 0.117. The maximum Gasteiger partial charge on any atom is 0.0824 e. The van der Waals surface area contributed by atoms with Gasteiger partial charge >= 0.3 is 0 Å². The minimum atomic E-state index is 0.385. The molecule has 2 aliphatic rings. The highest BCUT2D eigenvalue weighted by atomic mass is 16.5. The first-order valence-electron chi connectivity index (χ1n) is 4.86. The van der Waals surface area contributed by atoms with Crippen LogP contribution in [0.4, 0.5) is 0 Å². The molecule has 3 nitrogen and oxygen atoms in total. The van der Waals surface area contributed by atoms with Crippen LogP contribution in [0, 0.1) is 0 Å². The lowest BCUT2D eigenvalue weighted by molar-refractivity contribution is 0.0273. The smallest absolute Gasteiger partial charge is 0.0824 e. The van der Waals surface area contributed by atoms with Gasteiger partial charge in [-0.1, -0.05) is 0 Å². The monoisotopic (exact) mass is 170 g/mol. The zero-order chi connectivity index (χ0) is 8.44. The van der Waals surface area contributed by atoms with Gasteiger partial charge in [-0.3, -0.25) is 0 Å². The summed E-state index contributed by atoms with van der Waals surface area (Å²) in [6.07, 6.45) is 3.04. The molecule has 1 atom stereocenters. The van der Waals surface area contributed by atoms with Gasteiger partial charge in [-0.25, -0.2) is 0 Å². The highest BCUT2D eigenvalue weighted by Gasteiger charge is 2.37. The summed E-state index contributed by atoms with van der Waals surface area (Å²) < 4.78 is 5.58. The summed E-state index contributed by atoms with van der Waals surface area (Å²) in [5, 5.41) is 6.86. The first-order valence-corrected chi connectivity index (χ1v) is 4.86. The van der Waals surface area contributed by atoms with Crippen molar-refractivity contribution in [1.82, 2.24) is 10.6 Å². The first kappa shape index (κ1) is 8.48. The molecule has 2 N–H and O–H groups in total. The molecule has 0 bridgehead atoms. The van der Waals surface area contributed by atoms with Gasteiger partial charge in [0.25, 0.3) is 0 Å². The molecule has 2 fully saturated rings. The lowest BCUT2D eigenvalue weighted by Gasteiger charge is -2.25. The maximum absolute atomic E-state index is 5.58. The molecule has 0 spiro atoms. The van der Waals surface area contributed by atoms with E-state index in [1.54, 1.807) is 0 Å². The Morgan fingerprint density at radius 1 is 1.58 bits per heavy atom. The molecule has 0 aromatic rings. The van der Waals surface area contributed by atoms with Gasteiger partial charge in [0, 0.05) is 25.2 Å². The van der Waals surface area contributed by atoms with E-state index in [1.807, 2.05) is 0 Å². The number of morpholine rings is 1. The Kier molecular flexibility index (Phi) is 2.35. The fourth-order valence-corrected chi connectivity index (χ4v) is 1.48. The number of hydrogen-bond acceptors (Lipinski definition) is 3. The van der Waals surface area contributed by atoms with Crippen molar-refractivity contribution < 1.29 is 4.74 Å². The average molecular weight is 170 g/mol. The van der Waals surface area contributed by atoms with Gasteiger partial charge in [0.2, 0.25) is 0 Å². The average Bonchev–Trinajstić information content (AvgIpc) is 2.84. The second kappa shape index (κ2) is 3.32. The molecule has 1 saturated heterocycles. The Balaban J connectivity index is 1.65. The minimum absolute atomic E-state index is 0.385. The lowest BCUT2D eigenvalue weighted by Crippen LogP contribution is -2.46. The van der Waals surface area contributed by atoms with E-state index >= 15 is 0 Å². The molecule has 0 aromatic heterocycles. The Morgan fingerprint density at radius 2 is 2.42 bits per heavy atom. The largest absolute Gasteiger partial charge is 0.374 e. The highest BCUT2D eigenvalue weighted by Crippen LogP contribution is 2.34. The van der Waals surface area contributed by atoms with Crippen molar-refractivity contribution in [3.05, 3.63) is 0 Å². The van der Waals surface area contributed by atoms with E-state index < -0.39 is 0 Å². The number of hydrogen-bond donors (Lipinski definition) is 2. The molecule has 70 valence electrons. The van der Waals surface area contributed by atoms with E-state index in [0.29, 0.717) is 11.6 Å². The van der Waals surface area contributed by atoms with Crippen LogP contribution in [0.3, 0.4) is 0 Å². The molecular weight excluding hydrogens is 152 g/mol. The number of nitrogens with one attached hydrogen (secondary N) is 2. The van der Waals surface area contributed by atoms with E-state index in [0.717, 1.165) is 26.2 Å². The van der Waals surface area contributed by atoms with Gasteiger partial charge in [-0.15, -0.1) is 0 Å². The third-order valence-corrected chi connectivity index (χ3v) is 2.76.